The van der Waals surface area contributed by atoms with Crippen LogP contribution in [-0.4, -0.2) is 26.8 Å². The predicted molar refractivity (Wildman–Crippen MR) is 105 cm³/mol. The van der Waals surface area contributed by atoms with Crippen LogP contribution in [0.2, 0.25) is 0 Å². The summed E-state index contributed by atoms with van der Waals surface area (Å²) in [7, 11) is 0. The van der Waals surface area contributed by atoms with Crippen LogP contribution in [0.25, 0.3) is 11.3 Å². The molecule has 0 spiro atoms. The molecule has 2 aromatic carbocycles. The number of aromatic nitrogens is 2. The zero-order chi connectivity index (χ0) is 21.7. The fraction of sp³-hybridized carbons (Fsp3) is 0.105. The maximum Gasteiger partial charge on any atom is 0.416 e. The number of thioether (sulfide) groups is 1. The van der Waals surface area contributed by atoms with Crippen molar-refractivity contribution in [2.24, 2.45) is 0 Å². The van der Waals surface area contributed by atoms with Crippen molar-refractivity contribution in [3.05, 3.63) is 76.3 Å². The van der Waals surface area contributed by atoms with E-state index in [9.17, 15) is 28.1 Å². The largest absolute Gasteiger partial charge is 0.416 e. The van der Waals surface area contributed by atoms with Crippen LogP contribution in [0.3, 0.4) is 0 Å². The van der Waals surface area contributed by atoms with Crippen molar-refractivity contribution >= 4 is 29.0 Å². The van der Waals surface area contributed by atoms with Crippen molar-refractivity contribution in [1.29, 1.82) is 0 Å². The van der Waals surface area contributed by atoms with Crippen LogP contribution in [0, 0.1) is 10.1 Å². The number of anilines is 1. The molecule has 11 heteroatoms. The molecule has 0 saturated heterocycles. The Hall–Kier alpha value is -3.47. The number of carbonyl (C=O) groups excluding carboxylic acids is 1. The molecule has 1 amide bonds. The van der Waals surface area contributed by atoms with E-state index < -0.39 is 22.6 Å². The summed E-state index contributed by atoms with van der Waals surface area (Å²) in [5.41, 5.74) is 0.368. The molecule has 1 aromatic heterocycles. The second kappa shape index (κ2) is 8.91. The lowest BCUT2D eigenvalue weighted by atomic mass is 10.1. The first-order valence-corrected chi connectivity index (χ1v) is 9.39. The zero-order valence-electron chi connectivity index (χ0n) is 15.1. The lowest BCUT2D eigenvalue weighted by molar-refractivity contribution is -0.384. The first-order valence-electron chi connectivity index (χ1n) is 8.41. The summed E-state index contributed by atoms with van der Waals surface area (Å²) in [6.07, 6.45) is -4.44. The van der Waals surface area contributed by atoms with Crippen LogP contribution in [0.1, 0.15) is 5.56 Å². The Kier molecular flexibility index (Phi) is 6.31. The van der Waals surface area contributed by atoms with E-state index in [-0.39, 0.29) is 17.1 Å². The monoisotopic (exact) mass is 434 g/mol. The normalized spacial score (nSPS) is 11.2. The Morgan fingerprint density at radius 3 is 2.40 bits per heavy atom. The molecule has 3 rings (SSSR count). The molecule has 0 unspecified atom stereocenters. The Morgan fingerprint density at radius 2 is 1.80 bits per heavy atom. The molecule has 0 aliphatic heterocycles. The lowest BCUT2D eigenvalue weighted by Gasteiger charge is -2.08. The van der Waals surface area contributed by atoms with Gasteiger partial charge in [-0.2, -0.15) is 13.2 Å². The van der Waals surface area contributed by atoms with Crippen LogP contribution in [0.5, 0.6) is 0 Å². The number of nitrogens with zero attached hydrogens (tertiary/aromatic N) is 3. The number of alkyl halides is 3. The number of nitro groups is 1. The molecule has 7 nitrogen and oxygen atoms in total. The van der Waals surface area contributed by atoms with E-state index in [0.717, 1.165) is 23.9 Å². The highest BCUT2D eigenvalue weighted by molar-refractivity contribution is 7.99. The summed E-state index contributed by atoms with van der Waals surface area (Å²) in [4.78, 5) is 22.3. The van der Waals surface area contributed by atoms with E-state index in [1.54, 1.807) is 24.3 Å². The summed E-state index contributed by atoms with van der Waals surface area (Å²) < 4.78 is 37.6. The van der Waals surface area contributed by atoms with Crippen molar-refractivity contribution < 1.29 is 22.9 Å². The Labute approximate surface area is 172 Å². The van der Waals surface area contributed by atoms with Gasteiger partial charge in [-0.1, -0.05) is 23.9 Å². The zero-order valence-corrected chi connectivity index (χ0v) is 15.9. The Morgan fingerprint density at radius 1 is 1.07 bits per heavy atom. The molecule has 0 aliphatic carbocycles. The van der Waals surface area contributed by atoms with Gasteiger partial charge in [0.15, 0.2) is 0 Å². The SMILES string of the molecule is O=C(CSc1ccc(-c2cccc([N+](=O)[O-])c2)nn1)Nc1ccc(C(F)(F)F)cc1. The van der Waals surface area contributed by atoms with Crippen molar-refractivity contribution in [3.8, 4) is 11.3 Å². The molecule has 30 heavy (non-hydrogen) atoms. The van der Waals surface area contributed by atoms with Crippen LogP contribution in [0.15, 0.2) is 65.7 Å². The minimum absolute atomic E-state index is 0.0220. The molecule has 0 saturated carbocycles. The topological polar surface area (TPSA) is 98.0 Å². The summed E-state index contributed by atoms with van der Waals surface area (Å²) in [5.74, 6) is -0.435. The van der Waals surface area contributed by atoms with Gasteiger partial charge in [0.1, 0.15) is 5.03 Å². The Bertz CT molecular complexity index is 1060. The van der Waals surface area contributed by atoms with Crippen LogP contribution < -0.4 is 5.32 Å². The fourth-order valence-corrected chi connectivity index (χ4v) is 3.02. The van der Waals surface area contributed by atoms with Crippen molar-refractivity contribution in [2.75, 3.05) is 11.1 Å². The minimum atomic E-state index is -4.44. The third kappa shape index (κ3) is 5.54. The lowest BCUT2D eigenvalue weighted by Crippen LogP contribution is -2.14. The maximum atomic E-state index is 12.5. The number of hydrogen-bond acceptors (Lipinski definition) is 6. The van der Waals surface area contributed by atoms with Crippen molar-refractivity contribution in [2.45, 2.75) is 11.2 Å². The molecule has 3 aromatic rings. The summed E-state index contributed by atoms with van der Waals surface area (Å²) in [6, 6.07) is 13.4. The van der Waals surface area contributed by atoms with Gasteiger partial charge in [-0.3, -0.25) is 14.9 Å². The molecule has 0 aliphatic rings. The Balaban J connectivity index is 1.56. The molecule has 0 radical (unpaired) electrons. The molecule has 154 valence electrons. The van der Waals surface area contributed by atoms with Gasteiger partial charge >= 0.3 is 6.18 Å². The first kappa shape index (κ1) is 21.2. The van der Waals surface area contributed by atoms with E-state index >= 15 is 0 Å². The summed E-state index contributed by atoms with van der Waals surface area (Å²) in [6.45, 7) is 0. The van der Waals surface area contributed by atoms with Crippen molar-refractivity contribution in [1.82, 2.24) is 10.2 Å². The van der Waals surface area contributed by atoms with Gasteiger partial charge in [-0.15, -0.1) is 10.2 Å². The predicted octanol–water partition coefficient (Wildman–Crippen LogP) is 4.80. The summed E-state index contributed by atoms with van der Waals surface area (Å²) >= 11 is 1.09. The van der Waals surface area contributed by atoms with E-state index in [2.05, 4.69) is 15.5 Å². The number of non-ortho nitro benzene ring substituents is 1. The number of nitro benzene ring substituents is 1. The standard InChI is InChI=1S/C19H13F3N4O3S/c20-19(21,22)13-4-6-14(7-5-13)23-17(27)11-30-18-9-8-16(24-25-18)12-2-1-3-15(10-12)26(28)29/h1-10H,11H2,(H,23,27). The van der Waals surface area contributed by atoms with Gasteiger partial charge < -0.3 is 5.32 Å². The number of benzene rings is 2. The van der Waals surface area contributed by atoms with Gasteiger partial charge in [0.2, 0.25) is 5.91 Å². The average molecular weight is 434 g/mol. The highest BCUT2D eigenvalue weighted by Crippen LogP contribution is 2.30. The van der Waals surface area contributed by atoms with Gasteiger partial charge in [0, 0.05) is 23.4 Å². The second-order valence-electron chi connectivity index (χ2n) is 5.98. The van der Waals surface area contributed by atoms with Crippen molar-refractivity contribution in [3.63, 3.8) is 0 Å². The third-order valence-corrected chi connectivity index (χ3v) is 4.76. The number of hydrogen-bond donors (Lipinski definition) is 1. The molecule has 0 bridgehead atoms. The van der Waals surface area contributed by atoms with Gasteiger partial charge in [0.25, 0.3) is 5.69 Å². The molecule has 0 atom stereocenters. The number of nitrogens with one attached hydrogen (secondary N) is 1. The smallest absolute Gasteiger partial charge is 0.325 e. The van der Waals surface area contributed by atoms with E-state index in [1.807, 2.05) is 0 Å². The summed E-state index contributed by atoms with van der Waals surface area (Å²) in [5, 5.41) is 21.8. The fourth-order valence-electron chi connectivity index (χ4n) is 2.41. The minimum Gasteiger partial charge on any atom is -0.325 e. The quantitative estimate of drug-likeness (QED) is 0.340. The third-order valence-electron chi connectivity index (χ3n) is 3.84. The maximum absolute atomic E-state index is 12.5. The molecular weight excluding hydrogens is 421 g/mol. The molecular formula is C19H13F3N4O3S. The number of carbonyl (C=O) groups is 1. The average Bonchev–Trinajstić information content (AvgIpc) is 2.72. The first-order chi connectivity index (χ1) is 14.2. The highest BCUT2D eigenvalue weighted by Gasteiger charge is 2.29. The molecule has 1 N–H and O–H groups in total. The van der Waals surface area contributed by atoms with E-state index in [0.29, 0.717) is 16.3 Å². The van der Waals surface area contributed by atoms with Gasteiger partial charge in [-0.05, 0) is 36.4 Å². The highest BCUT2D eigenvalue weighted by atomic mass is 32.2. The number of halogens is 3. The molecule has 0 fully saturated rings. The number of amides is 1. The van der Waals surface area contributed by atoms with Gasteiger partial charge in [0.05, 0.1) is 21.9 Å². The second-order valence-corrected chi connectivity index (χ2v) is 6.97. The van der Waals surface area contributed by atoms with E-state index in [1.165, 1.54) is 24.3 Å². The number of rotatable bonds is 6. The van der Waals surface area contributed by atoms with Crippen LogP contribution in [0.4, 0.5) is 24.5 Å². The van der Waals surface area contributed by atoms with Crippen LogP contribution in [-0.2, 0) is 11.0 Å². The van der Waals surface area contributed by atoms with Gasteiger partial charge in [-0.25, -0.2) is 0 Å². The van der Waals surface area contributed by atoms with Crippen LogP contribution >= 0.6 is 11.8 Å². The van der Waals surface area contributed by atoms with E-state index in [4.69, 9.17) is 0 Å². The molecule has 1 heterocycles.